The van der Waals surface area contributed by atoms with E-state index >= 15 is 0 Å². The molecule has 0 aromatic carbocycles. The quantitative estimate of drug-likeness (QED) is 0.755. The summed E-state index contributed by atoms with van der Waals surface area (Å²) in [5.74, 6) is 1.53. The molecule has 2 N–H and O–H groups in total. The van der Waals surface area contributed by atoms with E-state index in [9.17, 15) is 0 Å². The van der Waals surface area contributed by atoms with Crippen LogP contribution in [0.25, 0.3) is 10.2 Å². The zero-order valence-corrected chi connectivity index (χ0v) is 10.8. The van der Waals surface area contributed by atoms with Gasteiger partial charge in [0.15, 0.2) is 0 Å². The molecule has 0 bridgehead atoms. The molecule has 0 aliphatic carbocycles. The van der Waals surface area contributed by atoms with Crippen molar-refractivity contribution in [2.75, 3.05) is 5.32 Å². The highest BCUT2D eigenvalue weighted by Crippen LogP contribution is 2.19. The van der Waals surface area contributed by atoms with Crippen LogP contribution in [-0.4, -0.2) is 20.2 Å². The Morgan fingerprint density at radius 1 is 1.44 bits per heavy atom. The maximum atomic E-state index is 4.40. The second-order valence-electron chi connectivity index (χ2n) is 3.96. The molecule has 0 atom stereocenters. The summed E-state index contributed by atoms with van der Waals surface area (Å²) in [6, 6.07) is 4.17. The number of hydrogen-bond acceptors (Lipinski definition) is 5. The first-order chi connectivity index (χ1) is 8.85. The third kappa shape index (κ3) is 2.19. The molecule has 0 unspecified atom stereocenters. The molecule has 3 heterocycles. The third-order valence-electron chi connectivity index (χ3n) is 2.68. The van der Waals surface area contributed by atoms with E-state index in [0.29, 0.717) is 12.5 Å². The number of rotatable bonds is 4. The molecule has 0 aliphatic rings. The van der Waals surface area contributed by atoms with E-state index in [1.165, 1.54) is 4.70 Å². The van der Waals surface area contributed by atoms with Gasteiger partial charge in [0, 0.05) is 19.2 Å². The molecule has 18 heavy (non-hydrogen) atoms. The van der Waals surface area contributed by atoms with Gasteiger partial charge in [-0.3, -0.25) is 10.1 Å². The summed E-state index contributed by atoms with van der Waals surface area (Å²) in [7, 11) is 0. The number of nitrogens with one attached hydrogen (secondary N) is 2. The molecule has 0 spiro atoms. The van der Waals surface area contributed by atoms with E-state index in [4.69, 9.17) is 0 Å². The minimum absolute atomic E-state index is 0.637. The highest BCUT2D eigenvalue weighted by Gasteiger charge is 2.02. The van der Waals surface area contributed by atoms with E-state index in [1.807, 2.05) is 19.2 Å². The molecule has 0 radical (unpaired) electrons. The van der Waals surface area contributed by atoms with E-state index in [1.54, 1.807) is 11.3 Å². The highest BCUT2D eigenvalue weighted by molar-refractivity contribution is 7.17. The molecule has 0 amide bonds. The Hall–Kier alpha value is -1.95. The highest BCUT2D eigenvalue weighted by atomic mass is 32.1. The van der Waals surface area contributed by atoms with E-state index in [2.05, 4.69) is 36.9 Å². The Balaban J connectivity index is 1.72. The van der Waals surface area contributed by atoms with Gasteiger partial charge in [-0.1, -0.05) is 6.92 Å². The summed E-state index contributed by atoms with van der Waals surface area (Å²) in [5, 5.41) is 12.2. The van der Waals surface area contributed by atoms with Gasteiger partial charge in [0.2, 0.25) is 5.95 Å². The normalized spacial score (nSPS) is 10.9. The van der Waals surface area contributed by atoms with Crippen molar-refractivity contribution in [3.05, 3.63) is 35.1 Å². The van der Waals surface area contributed by atoms with Crippen LogP contribution < -0.4 is 5.32 Å². The van der Waals surface area contributed by atoms with E-state index in [0.717, 1.165) is 23.3 Å². The Kier molecular flexibility index (Phi) is 2.93. The van der Waals surface area contributed by atoms with Crippen molar-refractivity contribution in [1.82, 2.24) is 20.2 Å². The predicted molar refractivity (Wildman–Crippen MR) is 72.7 cm³/mol. The lowest BCUT2D eigenvalue weighted by atomic mass is 10.2. The first-order valence-corrected chi connectivity index (χ1v) is 6.70. The molecular weight excluding hydrogens is 246 g/mol. The molecule has 5 nitrogen and oxygen atoms in total. The average molecular weight is 259 g/mol. The number of nitrogens with zero attached hydrogens (tertiary/aromatic N) is 3. The maximum absolute atomic E-state index is 4.40. The van der Waals surface area contributed by atoms with Crippen LogP contribution in [0.2, 0.25) is 0 Å². The topological polar surface area (TPSA) is 66.5 Å². The number of aryl methyl sites for hydroxylation is 1. The van der Waals surface area contributed by atoms with Gasteiger partial charge in [0.1, 0.15) is 5.82 Å². The number of anilines is 1. The zero-order chi connectivity index (χ0) is 12.4. The molecule has 0 saturated carbocycles. The van der Waals surface area contributed by atoms with Crippen LogP contribution in [0.4, 0.5) is 5.95 Å². The molecule has 3 rings (SSSR count). The number of aromatic amines is 1. The Morgan fingerprint density at radius 3 is 3.22 bits per heavy atom. The molecule has 3 aromatic heterocycles. The minimum atomic E-state index is 0.637. The second kappa shape index (κ2) is 4.73. The molecule has 0 aliphatic heterocycles. The van der Waals surface area contributed by atoms with E-state index in [-0.39, 0.29) is 0 Å². The Morgan fingerprint density at radius 2 is 2.39 bits per heavy atom. The van der Waals surface area contributed by atoms with Crippen molar-refractivity contribution >= 4 is 27.5 Å². The largest absolute Gasteiger partial charge is 0.349 e. The summed E-state index contributed by atoms with van der Waals surface area (Å²) in [5.41, 5.74) is 2.18. The third-order valence-corrected chi connectivity index (χ3v) is 3.53. The van der Waals surface area contributed by atoms with Crippen LogP contribution in [0.15, 0.2) is 23.7 Å². The van der Waals surface area contributed by atoms with Gasteiger partial charge >= 0.3 is 0 Å². The average Bonchev–Trinajstić information content (AvgIpc) is 3.04. The van der Waals surface area contributed by atoms with Crippen LogP contribution in [0.1, 0.15) is 18.3 Å². The molecule has 0 saturated heterocycles. The number of fused-ring (bicyclic) bond motifs is 1. The van der Waals surface area contributed by atoms with Gasteiger partial charge in [-0.25, -0.2) is 0 Å². The number of pyridine rings is 1. The predicted octanol–water partition coefficient (Wildman–Crippen LogP) is 2.59. The summed E-state index contributed by atoms with van der Waals surface area (Å²) in [6.07, 6.45) is 2.74. The van der Waals surface area contributed by atoms with Gasteiger partial charge in [-0.2, -0.15) is 4.98 Å². The number of thiophene rings is 1. The fourth-order valence-corrected chi connectivity index (χ4v) is 2.50. The SMILES string of the molecule is CCc1nc(NCc2cnc3ccsc3c2)n[nH]1. The first kappa shape index (κ1) is 11.2. The van der Waals surface area contributed by atoms with Crippen molar-refractivity contribution < 1.29 is 0 Å². The molecule has 0 fully saturated rings. The monoisotopic (exact) mass is 259 g/mol. The molecule has 92 valence electrons. The smallest absolute Gasteiger partial charge is 0.242 e. The molecular formula is C12H13N5S. The second-order valence-corrected chi connectivity index (χ2v) is 4.91. The van der Waals surface area contributed by atoms with Crippen molar-refractivity contribution in [1.29, 1.82) is 0 Å². The lowest BCUT2D eigenvalue weighted by Crippen LogP contribution is -2.01. The molecule has 3 aromatic rings. The lowest BCUT2D eigenvalue weighted by Gasteiger charge is -2.01. The number of aromatic nitrogens is 4. The van der Waals surface area contributed by atoms with Crippen molar-refractivity contribution in [2.24, 2.45) is 0 Å². The van der Waals surface area contributed by atoms with Crippen LogP contribution in [0.5, 0.6) is 0 Å². The van der Waals surface area contributed by atoms with E-state index < -0.39 is 0 Å². The fourth-order valence-electron chi connectivity index (χ4n) is 1.70. The van der Waals surface area contributed by atoms with Gasteiger partial charge in [-0.15, -0.1) is 16.4 Å². The maximum Gasteiger partial charge on any atom is 0.242 e. The van der Waals surface area contributed by atoms with Gasteiger partial charge < -0.3 is 5.32 Å². The Bertz CT molecular complexity index is 657. The van der Waals surface area contributed by atoms with Crippen molar-refractivity contribution in [3.8, 4) is 0 Å². The van der Waals surface area contributed by atoms with Gasteiger partial charge in [0.05, 0.1) is 10.2 Å². The lowest BCUT2D eigenvalue weighted by molar-refractivity contribution is 0.946. The number of hydrogen-bond donors (Lipinski definition) is 2. The fraction of sp³-hybridized carbons (Fsp3) is 0.250. The minimum Gasteiger partial charge on any atom is -0.349 e. The summed E-state index contributed by atoms with van der Waals surface area (Å²) < 4.78 is 1.21. The zero-order valence-electron chi connectivity index (χ0n) is 9.97. The standard InChI is InChI=1S/C12H13N5S/c1-2-11-15-12(17-16-11)14-7-8-5-10-9(13-6-8)3-4-18-10/h3-6H,2,7H2,1H3,(H2,14,15,16,17). The van der Waals surface area contributed by atoms with Crippen LogP contribution in [0.3, 0.4) is 0 Å². The van der Waals surface area contributed by atoms with Crippen molar-refractivity contribution in [3.63, 3.8) is 0 Å². The number of H-pyrrole nitrogens is 1. The molecule has 6 heteroatoms. The van der Waals surface area contributed by atoms with Gasteiger partial charge in [-0.05, 0) is 23.1 Å². The Labute approximate surface area is 108 Å². The van der Waals surface area contributed by atoms with Crippen LogP contribution in [-0.2, 0) is 13.0 Å². The summed E-state index contributed by atoms with van der Waals surface area (Å²) in [6.45, 7) is 2.72. The summed E-state index contributed by atoms with van der Waals surface area (Å²) in [4.78, 5) is 8.70. The van der Waals surface area contributed by atoms with Gasteiger partial charge in [0.25, 0.3) is 0 Å². The first-order valence-electron chi connectivity index (χ1n) is 5.82. The van der Waals surface area contributed by atoms with Crippen molar-refractivity contribution in [2.45, 2.75) is 19.9 Å². The van der Waals surface area contributed by atoms with Crippen LogP contribution in [0, 0.1) is 0 Å². The summed E-state index contributed by atoms with van der Waals surface area (Å²) >= 11 is 1.70. The van der Waals surface area contributed by atoms with Crippen LogP contribution >= 0.6 is 11.3 Å².